The molecule has 0 spiro atoms. The normalized spacial score (nSPS) is 21.2. The van der Waals surface area contributed by atoms with Crippen molar-refractivity contribution in [1.29, 1.82) is 0 Å². The highest BCUT2D eigenvalue weighted by Crippen LogP contribution is 2.31. The number of alkyl carbamates (subject to hydrolysis) is 1. The Balaban J connectivity index is 1.49. The van der Waals surface area contributed by atoms with Gasteiger partial charge < -0.3 is 34.3 Å². The van der Waals surface area contributed by atoms with Crippen LogP contribution >= 0.6 is 0 Å². The predicted octanol–water partition coefficient (Wildman–Crippen LogP) is 2.04. The molecule has 0 aromatic carbocycles. The van der Waals surface area contributed by atoms with Crippen molar-refractivity contribution in [3.05, 3.63) is 23.9 Å². The Bertz CT molecular complexity index is 1040. The summed E-state index contributed by atoms with van der Waals surface area (Å²) in [6, 6.07) is 3.36. The summed E-state index contributed by atoms with van der Waals surface area (Å²) >= 11 is 0. The van der Waals surface area contributed by atoms with Crippen molar-refractivity contribution in [2.45, 2.75) is 64.2 Å². The van der Waals surface area contributed by atoms with E-state index in [9.17, 15) is 14.7 Å². The number of fused-ring (bicyclic) bond motifs is 1. The van der Waals surface area contributed by atoms with Gasteiger partial charge >= 0.3 is 6.09 Å². The molecule has 2 aromatic rings. The molecule has 0 atom stereocenters. The first-order valence-corrected chi connectivity index (χ1v) is 11.7. The quantitative estimate of drug-likeness (QED) is 0.697. The molecule has 0 bridgehead atoms. The number of morpholine rings is 1. The van der Waals surface area contributed by atoms with E-state index in [1.165, 1.54) is 12.3 Å². The summed E-state index contributed by atoms with van der Waals surface area (Å²) in [7, 11) is 0. The van der Waals surface area contributed by atoms with Crippen LogP contribution in [-0.2, 0) is 9.47 Å². The molecule has 1 aliphatic carbocycles. The van der Waals surface area contributed by atoms with Crippen LogP contribution in [0.1, 0.15) is 56.8 Å². The maximum atomic E-state index is 12.1. The van der Waals surface area contributed by atoms with E-state index in [0.717, 1.165) is 31.5 Å². The molecular formula is C24H31N4O6-. The van der Waals surface area contributed by atoms with Crippen molar-refractivity contribution in [3.8, 4) is 5.88 Å². The van der Waals surface area contributed by atoms with Gasteiger partial charge in [0.05, 0.1) is 30.1 Å². The molecule has 34 heavy (non-hydrogen) atoms. The van der Waals surface area contributed by atoms with Gasteiger partial charge in [-0.3, -0.25) is 4.98 Å². The zero-order valence-electron chi connectivity index (χ0n) is 19.8. The number of carbonyl (C=O) groups excluding carboxylic acids is 2. The number of ether oxygens (including phenoxy) is 3. The van der Waals surface area contributed by atoms with E-state index in [-0.39, 0.29) is 17.7 Å². The first-order valence-electron chi connectivity index (χ1n) is 11.7. The Morgan fingerprint density at radius 1 is 1.15 bits per heavy atom. The molecular weight excluding hydrogens is 440 g/mol. The van der Waals surface area contributed by atoms with Crippen LogP contribution < -0.4 is 20.1 Å². The third kappa shape index (κ3) is 6.05. The van der Waals surface area contributed by atoms with Crippen molar-refractivity contribution < 1.29 is 28.9 Å². The van der Waals surface area contributed by atoms with Crippen molar-refractivity contribution in [2.24, 2.45) is 0 Å². The second-order valence-corrected chi connectivity index (χ2v) is 9.70. The first-order chi connectivity index (χ1) is 16.2. The van der Waals surface area contributed by atoms with Crippen molar-refractivity contribution in [3.63, 3.8) is 0 Å². The van der Waals surface area contributed by atoms with Gasteiger partial charge in [-0.1, -0.05) is 0 Å². The first kappa shape index (κ1) is 24.0. The molecule has 1 amide bonds. The molecule has 1 saturated carbocycles. The van der Waals surface area contributed by atoms with Gasteiger partial charge in [-0.25, -0.2) is 4.79 Å². The summed E-state index contributed by atoms with van der Waals surface area (Å²) in [6.45, 7) is 8.14. The molecule has 0 radical (unpaired) electrons. The minimum atomic E-state index is -1.30. The number of carboxylic acids is 1. The smallest absolute Gasteiger partial charge is 0.407 e. The number of hydrogen-bond donors (Lipinski definition) is 1. The summed E-state index contributed by atoms with van der Waals surface area (Å²) in [5, 5.41) is 14.9. The van der Waals surface area contributed by atoms with Gasteiger partial charge in [-0.15, -0.1) is 0 Å². The minimum Gasteiger partial charge on any atom is -0.545 e. The molecule has 1 aliphatic heterocycles. The van der Waals surface area contributed by atoms with E-state index in [1.807, 2.05) is 26.8 Å². The Hall–Kier alpha value is -3.14. The fraction of sp³-hybridized carbons (Fsp3) is 0.583. The Morgan fingerprint density at radius 3 is 2.50 bits per heavy atom. The second kappa shape index (κ2) is 10.0. The number of rotatable bonds is 5. The van der Waals surface area contributed by atoms with Crippen LogP contribution in [0.4, 0.5) is 10.6 Å². The van der Waals surface area contributed by atoms with E-state index in [1.54, 1.807) is 0 Å². The van der Waals surface area contributed by atoms with Gasteiger partial charge in [0.25, 0.3) is 0 Å². The molecule has 10 heteroatoms. The SMILES string of the molecule is CC(C)(C)OC(=O)NC1CCC(Oc2nc(N3CCOCC3)cc3ncc(C(=O)[O-])cc23)CC1. The van der Waals surface area contributed by atoms with Crippen LogP contribution in [0.5, 0.6) is 5.88 Å². The number of nitrogens with zero attached hydrogens (tertiary/aromatic N) is 3. The number of pyridine rings is 2. The summed E-state index contributed by atoms with van der Waals surface area (Å²) < 4.78 is 17.1. The van der Waals surface area contributed by atoms with Crippen molar-refractivity contribution in [1.82, 2.24) is 15.3 Å². The molecule has 2 aromatic heterocycles. The van der Waals surface area contributed by atoms with Gasteiger partial charge in [-0.05, 0) is 52.5 Å². The number of carboxylic acid groups (broad SMARTS) is 1. The predicted molar refractivity (Wildman–Crippen MR) is 123 cm³/mol. The van der Waals surface area contributed by atoms with Gasteiger partial charge in [0, 0.05) is 37.0 Å². The van der Waals surface area contributed by atoms with Gasteiger partial charge in [0.2, 0.25) is 5.88 Å². The zero-order chi connectivity index (χ0) is 24.3. The van der Waals surface area contributed by atoms with Crippen LogP contribution in [-0.4, -0.2) is 66.1 Å². The Morgan fingerprint density at radius 2 is 1.85 bits per heavy atom. The summed E-state index contributed by atoms with van der Waals surface area (Å²) in [4.78, 5) is 34.6. The van der Waals surface area contributed by atoms with Crippen LogP contribution in [0.25, 0.3) is 10.9 Å². The lowest BCUT2D eigenvalue weighted by atomic mass is 9.93. The maximum Gasteiger partial charge on any atom is 0.407 e. The lowest BCUT2D eigenvalue weighted by molar-refractivity contribution is -0.255. The molecule has 1 saturated heterocycles. The number of amides is 1. The number of anilines is 1. The highest BCUT2D eigenvalue weighted by Gasteiger charge is 2.27. The average molecular weight is 472 g/mol. The number of aromatic nitrogens is 2. The monoisotopic (exact) mass is 471 g/mol. The highest BCUT2D eigenvalue weighted by atomic mass is 16.6. The molecule has 1 N–H and O–H groups in total. The van der Waals surface area contributed by atoms with Crippen molar-refractivity contribution in [2.75, 3.05) is 31.2 Å². The van der Waals surface area contributed by atoms with Gasteiger partial charge in [-0.2, -0.15) is 4.98 Å². The molecule has 10 nitrogen and oxygen atoms in total. The van der Waals surface area contributed by atoms with Crippen LogP contribution in [0.2, 0.25) is 0 Å². The third-order valence-corrected chi connectivity index (χ3v) is 5.87. The second-order valence-electron chi connectivity index (χ2n) is 9.70. The average Bonchev–Trinajstić information content (AvgIpc) is 2.79. The summed E-state index contributed by atoms with van der Waals surface area (Å²) in [5.74, 6) is -0.218. The highest BCUT2D eigenvalue weighted by molar-refractivity contribution is 5.94. The lowest BCUT2D eigenvalue weighted by Gasteiger charge is -2.31. The number of hydrogen-bond acceptors (Lipinski definition) is 9. The number of nitrogens with one attached hydrogen (secondary N) is 1. The van der Waals surface area contributed by atoms with Crippen LogP contribution in [0.3, 0.4) is 0 Å². The third-order valence-electron chi connectivity index (χ3n) is 5.87. The lowest BCUT2D eigenvalue weighted by Crippen LogP contribution is -2.42. The van der Waals surface area contributed by atoms with E-state index in [2.05, 4.69) is 15.2 Å². The fourth-order valence-corrected chi connectivity index (χ4v) is 4.19. The number of aromatic carboxylic acids is 1. The Labute approximate surface area is 198 Å². The van der Waals surface area contributed by atoms with Gasteiger partial charge in [0.15, 0.2) is 0 Å². The summed E-state index contributed by atoms with van der Waals surface area (Å²) in [5.41, 5.74) is 0.0429. The number of carbonyl (C=O) groups is 2. The van der Waals surface area contributed by atoms with E-state index in [4.69, 9.17) is 19.2 Å². The van der Waals surface area contributed by atoms with Crippen LogP contribution in [0, 0.1) is 0 Å². The molecule has 184 valence electrons. The van der Waals surface area contributed by atoms with Crippen LogP contribution in [0.15, 0.2) is 18.3 Å². The molecule has 2 fully saturated rings. The Kier molecular flexibility index (Phi) is 7.06. The van der Waals surface area contributed by atoms with E-state index >= 15 is 0 Å². The summed E-state index contributed by atoms with van der Waals surface area (Å²) in [6.07, 6.45) is 3.69. The minimum absolute atomic E-state index is 0.0189. The topological polar surface area (TPSA) is 126 Å². The molecule has 2 aliphatic rings. The largest absolute Gasteiger partial charge is 0.545 e. The van der Waals surface area contributed by atoms with E-state index in [0.29, 0.717) is 43.1 Å². The zero-order valence-corrected chi connectivity index (χ0v) is 19.8. The van der Waals surface area contributed by atoms with Crippen molar-refractivity contribution >= 4 is 28.8 Å². The maximum absolute atomic E-state index is 12.1. The molecule has 3 heterocycles. The fourth-order valence-electron chi connectivity index (χ4n) is 4.19. The van der Waals surface area contributed by atoms with E-state index < -0.39 is 17.7 Å². The molecule has 0 unspecified atom stereocenters. The standard InChI is InChI=1S/C24H32N4O6/c1-24(2,3)34-23(31)26-16-4-6-17(7-5-16)33-21-18-12-15(22(29)30)14-25-19(18)13-20(27-21)28-8-10-32-11-9-28/h12-14,16-17H,4-11H2,1-3H3,(H,26,31)(H,29,30)/p-1. The molecule has 4 rings (SSSR count). The van der Waals surface area contributed by atoms with Gasteiger partial charge in [0.1, 0.15) is 17.5 Å².